The van der Waals surface area contributed by atoms with E-state index in [-0.39, 0.29) is 15.7 Å². The van der Waals surface area contributed by atoms with Crippen LogP contribution in [0.4, 0.5) is 22.7 Å². The molecule has 0 spiro atoms. The second kappa shape index (κ2) is 7.67. The number of fused-ring (bicyclic) bond motifs is 6. The minimum atomic E-state index is -0.132. The highest BCUT2D eigenvalue weighted by molar-refractivity contribution is 6.53. The van der Waals surface area contributed by atoms with Gasteiger partial charge in [-0.1, -0.05) is 24.3 Å². The van der Waals surface area contributed by atoms with Gasteiger partial charge in [-0.3, -0.25) is 9.98 Å². The fraction of sp³-hybridized carbons (Fsp3) is 0.250. The Morgan fingerprint density at radius 3 is 1.38 bits per heavy atom. The van der Waals surface area contributed by atoms with Crippen molar-refractivity contribution in [2.75, 3.05) is 7.77 Å². The summed E-state index contributed by atoms with van der Waals surface area (Å²) >= 11 is -0.132. The van der Waals surface area contributed by atoms with Crippen LogP contribution in [-0.2, 0) is 0 Å². The summed E-state index contributed by atoms with van der Waals surface area (Å²) < 4.78 is 4.94. The highest BCUT2D eigenvalue weighted by Gasteiger charge is 2.32. The molecule has 2 aliphatic heterocycles. The summed E-state index contributed by atoms with van der Waals surface area (Å²) in [6.07, 6.45) is 0. The maximum Gasteiger partial charge on any atom is 0.563 e. The van der Waals surface area contributed by atoms with Gasteiger partial charge in [0.25, 0.3) is 0 Å². The monoisotopic (exact) mass is 397 g/mol. The number of rotatable bonds is 0. The van der Waals surface area contributed by atoms with E-state index in [1.165, 1.54) is 33.9 Å². The SMILES string of the molecule is CC1=Nc2ccccc2N=C(C)C(C)=C(C)[N]2[Al][N](C(C)=C1C)c1ccccc12. The Bertz CT molecular complexity index is 1020. The lowest BCUT2D eigenvalue weighted by molar-refractivity contribution is 1.19. The maximum absolute atomic E-state index is 4.96. The van der Waals surface area contributed by atoms with E-state index in [1.54, 1.807) is 0 Å². The lowest BCUT2D eigenvalue weighted by atomic mass is 10.1. The number of allylic oxidation sites excluding steroid dienone is 4. The summed E-state index contributed by atoms with van der Waals surface area (Å²) in [5.41, 5.74) is 11.4. The molecule has 4 nitrogen and oxygen atoms in total. The Kier molecular flexibility index (Phi) is 5.21. The fourth-order valence-corrected chi connectivity index (χ4v) is 5.36. The van der Waals surface area contributed by atoms with E-state index in [4.69, 9.17) is 9.98 Å². The average Bonchev–Trinajstić information content (AvgIpc) is 3.12. The molecule has 0 atom stereocenters. The second-order valence-corrected chi connectivity index (χ2v) is 8.91. The van der Waals surface area contributed by atoms with Crippen molar-refractivity contribution in [2.24, 2.45) is 9.98 Å². The molecule has 0 unspecified atom stereocenters. The lowest BCUT2D eigenvalue weighted by Crippen LogP contribution is -2.34. The third-order valence-corrected chi connectivity index (χ3v) is 7.78. The van der Waals surface area contributed by atoms with Crippen LogP contribution < -0.4 is 7.77 Å². The van der Waals surface area contributed by atoms with Crippen molar-refractivity contribution in [3.8, 4) is 0 Å². The van der Waals surface area contributed by atoms with E-state index in [0.29, 0.717) is 0 Å². The molecule has 0 amide bonds. The molecule has 0 aliphatic carbocycles. The van der Waals surface area contributed by atoms with E-state index in [1.807, 2.05) is 24.3 Å². The standard InChI is InChI=1S/C24H26N4.Al/c1-15-17(3)25-21-11-7-9-13-23(21)27-19(5)16(2)20(6)28-24-14-10-8-12-22(24)26-18(15)4;/h7-14H,1-6H3;/q-2;+2. The first-order chi connectivity index (χ1) is 13.9. The van der Waals surface area contributed by atoms with Crippen LogP contribution in [0.1, 0.15) is 41.5 Å². The van der Waals surface area contributed by atoms with E-state index >= 15 is 0 Å². The molecule has 0 saturated carbocycles. The third kappa shape index (κ3) is 3.46. The summed E-state index contributed by atoms with van der Waals surface area (Å²) in [6, 6.07) is 16.8. The molecule has 2 aromatic rings. The zero-order chi connectivity index (χ0) is 20.7. The summed E-state index contributed by atoms with van der Waals surface area (Å²) in [5, 5.41) is 0. The van der Waals surface area contributed by atoms with E-state index in [0.717, 1.165) is 22.8 Å². The summed E-state index contributed by atoms with van der Waals surface area (Å²) in [5.74, 6) is 0. The van der Waals surface area contributed by atoms with Gasteiger partial charge in [-0.25, -0.2) is 0 Å². The molecule has 5 heteroatoms. The van der Waals surface area contributed by atoms with Crippen molar-refractivity contribution >= 4 is 49.8 Å². The molecule has 0 fully saturated rings. The van der Waals surface area contributed by atoms with Crippen LogP contribution in [0, 0.1) is 0 Å². The third-order valence-electron chi connectivity index (χ3n) is 5.98. The van der Waals surface area contributed by atoms with Crippen LogP contribution in [0.15, 0.2) is 81.1 Å². The highest BCUT2D eigenvalue weighted by Crippen LogP contribution is 2.40. The molecule has 2 heterocycles. The van der Waals surface area contributed by atoms with Gasteiger partial charge in [0.05, 0.1) is 11.4 Å². The molecule has 2 aromatic carbocycles. The van der Waals surface area contributed by atoms with Crippen molar-refractivity contribution < 1.29 is 0 Å². The quantitative estimate of drug-likeness (QED) is 0.486. The predicted molar refractivity (Wildman–Crippen MR) is 126 cm³/mol. The highest BCUT2D eigenvalue weighted by atomic mass is 27.1. The average molecular weight is 397 g/mol. The zero-order valence-corrected chi connectivity index (χ0v) is 19.1. The van der Waals surface area contributed by atoms with Crippen molar-refractivity contribution in [2.45, 2.75) is 41.5 Å². The Hall–Kier alpha value is -2.61. The van der Waals surface area contributed by atoms with Gasteiger partial charge < -0.3 is 7.77 Å². The summed E-state index contributed by atoms with van der Waals surface area (Å²) in [6.45, 7) is 12.9. The number of benzene rings is 2. The summed E-state index contributed by atoms with van der Waals surface area (Å²) in [7, 11) is 0. The first-order valence-corrected chi connectivity index (χ1v) is 11.0. The number of nitrogens with zero attached hydrogens (tertiary/aromatic N) is 4. The smallest absolute Gasteiger partial charge is 0.423 e. The van der Waals surface area contributed by atoms with Crippen molar-refractivity contribution in [3.63, 3.8) is 0 Å². The second-order valence-electron chi connectivity index (χ2n) is 7.65. The molecule has 0 aromatic heterocycles. The molecule has 1 radical (unpaired) electrons. The van der Waals surface area contributed by atoms with Gasteiger partial charge in [0.1, 0.15) is 0 Å². The minimum Gasteiger partial charge on any atom is -0.423 e. The van der Waals surface area contributed by atoms with E-state index < -0.39 is 0 Å². The Balaban J connectivity index is 2.01. The zero-order valence-electron chi connectivity index (χ0n) is 18.0. The first kappa shape index (κ1) is 19.7. The molecule has 4 rings (SSSR count). The molecule has 29 heavy (non-hydrogen) atoms. The molecular weight excluding hydrogens is 371 g/mol. The molecule has 2 aliphatic rings. The van der Waals surface area contributed by atoms with Crippen LogP contribution in [0.3, 0.4) is 0 Å². The van der Waals surface area contributed by atoms with Gasteiger partial charge in [-0.15, -0.1) is 0 Å². The van der Waals surface area contributed by atoms with E-state index in [9.17, 15) is 0 Å². The maximum atomic E-state index is 4.96. The predicted octanol–water partition coefficient (Wildman–Crippen LogP) is 6.33. The normalized spacial score (nSPS) is 16.9. The van der Waals surface area contributed by atoms with Crippen LogP contribution in [-0.4, -0.2) is 27.1 Å². The number of hydrogen-bond acceptors (Lipinski definition) is 4. The number of anilines is 2. The largest absolute Gasteiger partial charge is 0.563 e. The van der Waals surface area contributed by atoms with Gasteiger partial charge in [0, 0.05) is 22.8 Å². The van der Waals surface area contributed by atoms with Gasteiger partial charge in [-0.2, -0.15) is 0 Å². The topological polar surface area (TPSA) is 31.2 Å². The Morgan fingerprint density at radius 2 is 0.966 bits per heavy atom. The number of hydrogen-bond donors (Lipinski definition) is 0. The van der Waals surface area contributed by atoms with Gasteiger partial charge in [0.2, 0.25) is 0 Å². The minimum absolute atomic E-state index is 0.132. The Morgan fingerprint density at radius 1 is 0.586 bits per heavy atom. The van der Waals surface area contributed by atoms with Crippen molar-refractivity contribution in [1.82, 2.24) is 0 Å². The fourth-order valence-electron chi connectivity index (χ4n) is 3.71. The van der Waals surface area contributed by atoms with Crippen LogP contribution >= 0.6 is 0 Å². The van der Waals surface area contributed by atoms with E-state index in [2.05, 4.69) is 73.6 Å². The van der Waals surface area contributed by atoms with Gasteiger partial charge in [0.15, 0.2) is 0 Å². The van der Waals surface area contributed by atoms with Crippen molar-refractivity contribution in [3.05, 3.63) is 71.1 Å². The number of aliphatic imine (C=N–C) groups is 2. The number of para-hydroxylation sites is 4. The van der Waals surface area contributed by atoms with Crippen LogP contribution in [0.5, 0.6) is 0 Å². The lowest BCUT2D eigenvalue weighted by Gasteiger charge is -2.24. The molecule has 145 valence electrons. The molecule has 2 bridgehead atoms. The van der Waals surface area contributed by atoms with Gasteiger partial charge >= 0.3 is 15.7 Å². The van der Waals surface area contributed by atoms with Crippen LogP contribution in [0.25, 0.3) is 0 Å². The molecule has 0 saturated heterocycles. The Labute approximate surface area is 180 Å². The molecular formula is C24H26AlN4. The summed E-state index contributed by atoms with van der Waals surface area (Å²) in [4.78, 5) is 9.91. The van der Waals surface area contributed by atoms with Gasteiger partial charge in [-0.05, 0) is 88.3 Å². The molecule has 0 N–H and O–H groups in total. The van der Waals surface area contributed by atoms with Crippen molar-refractivity contribution in [1.29, 1.82) is 0 Å². The van der Waals surface area contributed by atoms with Crippen LogP contribution in [0.2, 0.25) is 0 Å². The first-order valence-electron chi connectivity index (χ1n) is 9.96.